The highest BCUT2D eigenvalue weighted by atomic mass is 16.1. The van der Waals surface area contributed by atoms with Gasteiger partial charge in [0.05, 0.1) is 0 Å². The molecule has 0 radical (unpaired) electrons. The first-order chi connectivity index (χ1) is 6.20. The van der Waals surface area contributed by atoms with Crippen LogP contribution >= 0.6 is 0 Å². The Balaban J connectivity index is 3.00. The van der Waals surface area contributed by atoms with Gasteiger partial charge in [-0.05, 0) is 31.1 Å². The monoisotopic (exact) mass is 175 g/mol. The lowest BCUT2D eigenvalue weighted by molar-refractivity contribution is 0.798. The molecule has 1 aliphatic rings. The van der Waals surface area contributed by atoms with Crippen LogP contribution in [0.3, 0.4) is 0 Å². The topological polar surface area (TPSA) is 22.0 Å². The van der Waals surface area contributed by atoms with Crippen LogP contribution in [0.4, 0.5) is 0 Å². The molecule has 1 aliphatic carbocycles. The summed E-state index contributed by atoms with van der Waals surface area (Å²) in [7, 11) is 1.84. The van der Waals surface area contributed by atoms with Gasteiger partial charge >= 0.3 is 0 Å². The maximum atomic E-state index is 11.6. The third-order valence-corrected chi connectivity index (χ3v) is 2.54. The van der Waals surface area contributed by atoms with Crippen molar-refractivity contribution in [3.8, 4) is 0 Å². The second-order valence-electron chi connectivity index (χ2n) is 3.52. The zero-order valence-electron chi connectivity index (χ0n) is 8.00. The second kappa shape index (κ2) is 2.87. The van der Waals surface area contributed by atoms with Crippen molar-refractivity contribution in [2.75, 3.05) is 0 Å². The quantitative estimate of drug-likeness (QED) is 0.546. The predicted molar refractivity (Wildman–Crippen MR) is 53.8 cm³/mol. The highest BCUT2D eigenvalue weighted by Crippen LogP contribution is 1.94. The first kappa shape index (κ1) is 8.30. The minimum Gasteiger partial charge on any atom is -0.311 e. The molecule has 0 amide bonds. The maximum absolute atomic E-state index is 11.6. The molecule has 0 saturated carbocycles. The molecule has 13 heavy (non-hydrogen) atoms. The van der Waals surface area contributed by atoms with Gasteiger partial charge in [-0.1, -0.05) is 12.2 Å². The van der Waals surface area contributed by atoms with Gasteiger partial charge < -0.3 is 4.57 Å². The molecule has 0 spiro atoms. The van der Waals surface area contributed by atoms with Gasteiger partial charge in [0.1, 0.15) is 0 Å². The largest absolute Gasteiger partial charge is 0.311 e. The van der Waals surface area contributed by atoms with E-state index >= 15 is 0 Å². The number of aromatic nitrogens is 1. The van der Waals surface area contributed by atoms with Gasteiger partial charge in [-0.2, -0.15) is 0 Å². The van der Waals surface area contributed by atoms with Crippen molar-refractivity contribution < 1.29 is 0 Å². The standard InChI is InChI=1S/C11H13NO/c1-8-7-9-5-3-4-6-10(9)12(2)11(8)13/h5-7H,3-4H2,1-2H3. The summed E-state index contributed by atoms with van der Waals surface area (Å²) in [6, 6.07) is 1.98. The first-order valence-corrected chi connectivity index (χ1v) is 4.57. The van der Waals surface area contributed by atoms with E-state index in [0.29, 0.717) is 0 Å². The summed E-state index contributed by atoms with van der Waals surface area (Å²) in [5, 5.41) is 2.27. The molecule has 2 rings (SSSR count). The van der Waals surface area contributed by atoms with E-state index < -0.39 is 0 Å². The lowest BCUT2D eigenvalue weighted by Gasteiger charge is -2.06. The summed E-state index contributed by atoms with van der Waals surface area (Å²) >= 11 is 0. The minimum atomic E-state index is 0.116. The number of hydrogen-bond acceptors (Lipinski definition) is 1. The first-order valence-electron chi connectivity index (χ1n) is 4.57. The molecule has 0 N–H and O–H groups in total. The smallest absolute Gasteiger partial charge is 0.253 e. The van der Waals surface area contributed by atoms with Crippen LogP contribution in [-0.4, -0.2) is 4.57 Å². The Bertz CT molecular complexity index is 508. The molecule has 2 heteroatoms. The van der Waals surface area contributed by atoms with Gasteiger partial charge in [0.2, 0.25) is 0 Å². The Morgan fingerprint density at radius 3 is 2.77 bits per heavy atom. The van der Waals surface area contributed by atoms with E-state index in [4.69, 9.17) is 0 Å². The summed E-state index contributed by atoms with van der Waals surface area (Å²) < 4.78 is 1.74. The van der Waals surface area contributed by atoms with Crippen LogP contribution in [0.5, 0.6) is 0 Å². The number of hydrogen-bond donors (Lipinski definition) is 0. The van der Waals surface area contributed by atoms with Crippen LogP contribution in [0, 0.1) is 6.92 Å². The molecule has 0 saturated heterocycles. The van der Waals surface area contributed by atoms with Crippen molar-refractivity contribution in [2.24, 2.45) is 7.05 Å². The van der Waals surface area contributed by atoms with E-state index in [9.17, 15) is 4.79 Å². The average molecular weight is 175 g/mol. The highest BCUT2D eigenvalue weighted by molar-refractivity contribution is 5.36. The van der Waals surface area contributed by atoms with Crippen LogP contribution in [0.2, 0.25) is 0 Å². The Kier molecular flexibility index (Phi) is 1.83. The second-order valence-corrected chi connectivity index (χ2v) is 3.52. The van der Waals surface area contributed by atoms with E-state index in [1.54, 1.807) is 4.57 Å². The van der Waals surface area contributed by atoms with Crippen molar-refractivity contribution in [3.63, 3.8) is 0 Å². The fraction of sp³-hybridized carbons (Fsp3) is 0.364. The van der Waals surface area contributed by atoms with Crippen molar-refractivity contribution in [1.29, 1.82) is 0 Å². The molecule has 0 aliphatic heterocycles. The van der Waals surface area contributed by atoms with Gasteiger partial charge in [-0.3, -0.25) is 4.79 Å². The number of rotatable bonds is 0. The van der Waals surface area contributed by atoms with E-state index in [2.05, 4.69) is 12.2 Å². The molecular formula is C11H13NO. The van der Waals surface area contributed by atoms with Crippen molar-refractivity contribution in [3.05, 3.63) is 32.6 Å². The lowest BCUT2D eigenvalue weighted by Crippen LogP contribution is -2.43. The van der Waals surface area contributed by atoms with Crippen LogP contribution in [0.15, 0.2) is 10.9 Å². The minimum absolute atomic E-state index is 0.116. The predicted octanol–water partition coefficient (Wildman–Crippen LogP) is 0.0485. The number of pyridine rings is 1. The molecular weight excluding hydrogens is 162 g/mol. The number of aryl methyl sites for hydroxylation is 1. The van der Waals surface area contributed by atoms with E-state index in [0.717, 1.165) is 23.8 Å². The molecule has 0 unspecified atom stereocenters. The SMILES string of the molecule is Cc1cc2c(n(C)c1=O)=CCCC=2. The summed E-state index contributed by atoms with van der Waals surface area (Å²) in [5.74, 6) is 0. The molecule has 68 valence electrons. The Labute approximate surface area is 76.8 Å². The normalized spacial score (nSPS) is 14.3. The molecule has 0 bridgehead atoms. The van der Waals surface area contributed by atoms with Crippen LogP contribution in [0.1, 0.15) is 18.4 Å². The Morgan fingerprint density at radius 2 is 2.00 bits per heavy atom. The van der Waals surface area contributed by atoms with Gasteiger partial charge in [-0.25, -0.2) is 0 Å². The van der Waals surface area contributed by atoms with Gasteiger partial charge in [0.15, 0.2) is 0 Å². The summed E-state index contributed by atoms with van der Waals surface area (Å²) in [6.45, 7) is 1.87. The van der Waals surface area contributed by atoms with E-state index in [-0.39, 0.29) is 5.56 Å². The number of fused-ring (bicyclic) bond motifs is 1. The van der Waals surface area contributed by atoms with Crippen molar-refractivity contribution in [1.82, 2.24) is 4.57 Å². The summed E-state index contributed by atoms with van der Waals surface area (Å²) in [4.78, 5) is 11.6. The lowest BCUT2D eigenvalue weighted by atomic mass is 10.1. The van der Waals surface area contributed by atoms with Crippen LogP contribution < -0.4 is 16.1 Å². The molecule has 1 heterocycles. The molecule has 1 aromatic heterocycles. The van der Waals surface area contributed by atoms with E-state index in [1.165, 1.54) is 5.22 Å². The van der Waals surface area contributed by atoms with Crippen molar-refractivity contribution >= 4 is 12.2 Å². The van der Waals surface area contributed by atoms with Gasteiger partial charge in [-0.15, -0.1) is 0 Å². The number of nitrogens with zero attached hydrogens (tertiary/aromatic N) is 1. The molecule has 0 atom stereocenters. The Hall–Kier alpha value is -1.31. The molecule has 0 fully saturated rings. The van der Waals surface area contributed by atoms with Crippen LogP contribution in [-0.2, 0) is 7.05 Å². The van der Waals surface area contributed by atoms with Gasteiger partial charge in [0.25, 0.3) is 5.56 Å². The Morgan fingerprint density at radius 1 is 1.31 bits per heavy atom. The third-order valence-electron chi connectivity index (χ3n) is 2.54. The zero-order valence-corrected chi connectivity index (χ0v) is 8.00. The summed E-state index contributed by atoms with van der Waals surface area (Å²) in [5.41, 5.74) is 0.943. The fourth-order valence-corrected chi connectivity index (χ4v) is 1.81. The maximum Gasteiger partial charge on any atom is 0.253 e. The molecule has 2 nitrogen and oxygen atoms in total. The molecule has 0 aromatic carbocycles. The molecule has 1 aromatic rings. The van der Waals surface area contributed by atoms with Crippen molar-refractivity contribution in [2.45, 2.75) is 19.8 Å². The van der Waals surface area contributed by atoms with Crippen LogP contribution in [0.25, 0.3) is 12.2 Å². The third kappa shape index (κ3) is 1.22. The fourth-order valence-electron chi connectivity index (χ4n) is 1.81. The average Bonchev–Trinajstić information content (AvgIpc) is 2.15. The van der Waals surface area contributed by atoms with Gasteiger partial charge in [0, 0.05) is 18.0 Å². The van der Waals surface area contributed by atoms with E-state index in [1.807, 2.05) is 20.0 Å². The zero-order chi connectivity index (χ0) is 9.42. The summed E-state index contributed by atoms with van der Waals surface area (Å²) in [6.07, 6.45) is 6.46. The highest BCUT2D eigenvalue weighted by Gasteiger charge is 2.01.